The monoisotopic (exact) mass is 237 g/mol. The summed E-state index contributed by atoms with van der Waals surface area (Å²) in [6.07, 6.45) is 1.14. The Morgan fingerprint density at radius 1 is 1.53 bits per heavy atom. The lowest BCUT2D eigenvalue weighted by molar-refractivity contribution is 0.199. The summed E-state index contributed by atoms with van der Waals surface area (Å²) >= 11 is 0. The van der Waals surface area contributed by atoms with Crippen molar-refractivity contribution in [2.45, 2.75) is 18.8 Å². The first-order valence-corrected chi connectivity index (χ1v) is 6.12. The van der Waals surface area contributed by atoms with Gasteiger partial charge >= 0.3 is 0 Å². The summed E-state index contributed by atoms with van der Waals surface area (Å²) in [6.45, 7) is 4.82. The van der Waals surface area contributed by atoms with Gasteiger partial charge in [-0.2, -0.15) is 0 Å². The van der Waals surface area contributed by atoms with Gasteiger partial charge in [-0.15, -0.1) is 0 Å². The molecule has 2 atom stereocenters. The zero-order valence-corrected chi connectivity index (χ0v) is 10.5. The highest BCUT2D eigenvalue weighted by Crippen LogP contribution is 2.53. The van der Waals surface area contributed by atoms with Crippen molar-refractivity contribution in [2.24, 2.45) is 5.92 Å². The Hall–Kier alpha value is -0.930. The molecular weight excluding hydrogens is 217 g/mol. The molecule has 0 spiro atoms. The third-order valence-corrected chi connectivity index (χ3v) is 3.77. The third-order valence-electron chi connectivity index (χ3n) is 3.77. The Morgan fingerprint density at radius 3 is 3.06 bits per heavy atom. The van der Waals surface area contributed by atoms with Gasteiger partial charge in [0.2, 0.25) is 0 Å². The Kier molecular flexibility index (Phi) is 3.79. The fourth-order valence-corrected chi connectivity index (χ4v) is 2.40. The van der Waals surface area contributed by atoms with E-state index in [9.17, 15) is 4.39 Å². The predicted molar refractivity (Wildman–Crippen MR) is 66.6 cm³/mol. The van der Waals surface area contributed by atoms with E-state index in [0.717, 1.165) is 31.7 Å². The van der Waals surface area contributed by atoms with Crippen LogP contribution in [0, 0.1) is 11.7 Å². The number of ether oxygens (including phenoxy) is 1. The molecule has 2 rings (SSSR count). The summed E-state index contributed by atoms with van der Waals surface area (Å²) in [5.41, 5.74) is 1.28. The minimum atomic E-state index is -0.137. The molecule has 2 unspecified atom stereocenters. The van der Waals surface area contributed by atoms with E-state index in [4.69, 9.17) is 4.74 Å². The van der Waals surface area contributed by atoms with E-state index in [2.05, 4.69) is 12.2 Å². The van der Waals surface area contributed by atoms with Crippen LogP contribution in [-0.4, -0.2) is 26.8 Å². The van der Waals surface area contributed by atoms with Crippen LogP contribution < -0.4 is 5.32 Å². The molecule has 1 aromatic rings. The van der Waals surface area contributed by atoms with Crippen molar-refractivity contribution in [3.05, 3.63) is 35.6 Å². The van der Waals surface area contributed by atoms with Crippen molar-refractivity contribution in [1.82, 2.24) is 5.32 Å². The average molecular weight is 237 g/mol. The average Bonchev–Trinajstić information content (AvgIpc) is 2.98. The van der Waals surface area contributed by atoms with Gasteiger partial charge in [0.05, 0.1) is 6.61 Å². The highest BCUT2D eigenvalue weighted by molar-refractivity contribution is 5.33. The Labute approximate surface area is 102 Å². The van der Waals surface area contributed by atoms with Crippen LogP contribution in [0.15, 0.2) is 24.3 Å². The van der Waals surface area contributed by atoms with E-state index < -0.39 is 0 Å². The van der Waals surface area contributed by atoms with Gasteiger partial charge in [-0.05, 0) is 42.0 Å². The lowest BCUT2D eigenvalue weighted by Crippen LogP contribution is -2.23. The number of rotatable bonds is 6. The van der Waals surface area contributed by atoms with E-state index in [1.165, 1.54) is 6.07 Å². The van der Waals surface area contributed by atoms with E-state index in [0.29, 0.717) is 5.92 Å². The Bertz CT molecular complexity index is 382. The van der Waals surface area contributed by atoms with Crippen molar-refractivity contribution in [3.8, 4) is 0 Å². The van der Waals surface area contributed by atoms with Crippen molar-refractivity contribution in [3.63, 3.8) is 0 Å². The fraction of sp³-hybridized carbons (Fsp3) is 0.571. The van der Waals surface area contributed by atoms with Crippen LogP contribution in [0.4, 0.5) is 4.39 Å². The summed E-state index contributed by atoms with van der Waals surface area (Å²) in [4.78, 5) is 0. The first-order valence-electron chi connectivity index (χ1n) is 6.12. The van der Waals surface area contributed by atoms with E-state index in [1.54, 1.807) is 19.2 Å². The van der Waals surface area contributed by atoms with Crippen LogP contribution in [0.1, 0.15) is 18.9 Å². The summed E-state index contributed by atoms with van der Waals surface area (Å²) < 4.78 is 18.2. The number of hydrogen-bond acceptors (Lipinski definition) is 2. The Morgan fingerprint density at radius 2 is 2.35 bits per heavy atom. The molecule has 1 aliphatic rings. The molecular formula is C14H20FNO. The molecule has 0 saturated heterocycles. The molecule has 1 saturated carbocycles. The van der Waals surface area contributed by atoms with Crippen molar-refractivity contribution >= 4 is 0 Å². The highest BCUT2D eigenvalue weighted by atomic mass is 19.1. The summed E-state index contributed by atoms with van der Waals surface area (Å²) in [6, 6.07) is 6.98. The third kappa shape index (κ3) is 2.85. The lowest BCUT2D eigenvalue weighted by atomic mass is 9.95. The van der Waals surface area contributed by atoms with Gasteiger partial charge in [-0.3, -0.25) is 0 Å². The van der Waals surface area contributed by atoms with Crippen molar-refractivity contribution in [1.29, 1.82) is 0 Å². The van der Waals surface area contributed by atoms with Gasteiger partial charge in [-0.25, -0.2) is 4.39 Å². The number of methoxy groups -OCH3 is 1. The van der Waals surface area contributed by atoms with E-state index in [-0.39, 0.29) is 11.2 Å². The second kappa shape index (κ2) is 5.15. The van der Waals surface area contributed by atoms with Gasteiger partial charge in [0.15, 0.2) is 0 Å². The first kappa shape index (κ1) is 12.5. The maximum absolute atomic E-state index is 13.2. The standard InChI is InChI=1S/C14H20FNO/c1-14(11-4-3-5-13(15)8-11)9-12(14)10-16-6-7-17-2/h3-5,8,12,16H,6-7,9-10H2,1-2H3. The maximum Gasteiger partial charge on any atom is 0.123 e. The molecule has 3 heteroatoms. The van der Waals surface area contributed by atoms with Crippen LogP contribution in [0.3, 0.4) is 0 Å². The summed E-state index contributed by atoms with van der Waals surface area (Å²) in [7, 11) is 1.70. The van der Waals surface area contributed by atoms with Gasteiger partial charge in [-0.1, -0.05) is 19.1 Å². The predicted octanol–water partition coefficient (Wildman–Crippen LogP) is 2.34. The van der Waals surface area contributed by atoms with Gasteiger partial charge < -0.3 is 10.1 Å². The first-order chi connectivity index (χ1) is 8.16. The molecule has 0 bridgehead atoms. The molecule has 94 valence electrons. The molecule has 0 heterocycles. The van der Waals surface area contributed by atoms with Crippen LogP contribution >= 0.6 is 0 Å². The van der Waals surface area contributed by atoms with Crippen molar-refractivity contribution in [2.75, 3.05) is 26.8 Å². The van der Waals surface area contributed by atoms with Gasteiger partial charge in [0, 0.05) is 13.7 Å². The molecule has 0 aliphatic heterocycles. The van der Waals surface area contributed by atoms with E-state index >= 15 is 0 Å². The van der Waals surface area contributed by atoms with Gasteiger partial charge in [0.25, 0.3) is 0 Å². The summed E-state index contributed by atoms with van der Waals surface area (Å²) in [5.74, 6) is 0.475. The molecule has 1 aliphatic carbocycles. The fourth-order valence-electron chi connectivity index (χ4n) is 2.40. The van der Waals surface area contributed by atoms with Crippen LogP contribution in [0.5, 0.6) is 0 Å². The van der Waals surface area contributed by atoms with Crippen molar-refractivity contribution < 1.29 is 9.13 Å². The smallest absolute Gasteiger partial charge is 0.123 e. The topological polar surface area (TPSA) is 21.3 Å². The zero-order chi connectivity index (χ0) is 12.3. The minimum absolute atomic E-state index is 0.137. The minimum Gasteiger partial charge on any atom is -0.383 e. The number of halogens is 1. The molecule has 1 aromatic carbocycles. The normalized spacial score (nSPS) is 27.1. The molecule has 1 N–H and O–H groups in total. The van der Waals surface area contributed by atoms with E-state index in [1.807, 2.05) is 6.07 Å². The quantitative estimate of drug-likeness (QED) is 0.767. The molecule has 0 amide bonds. The Balaban J connectivity index is 1.86. The second-order valence-electron chi connectivity index (χ2n) is 5.03. The second-order valence-corrected chi connectivity index (χ2v) is 5.03. The van der Waals surface area contributed by atoms with Gasteiger partial charge in [0.1, 0.15) is 5.82 Å². The molecule has 2 nitrogen and oxygen atoms in total. The van der Waals surface area contributed by atoms with Crippen LogP contribution in [0.2, 0.25) is 0 Å². The number of hydrogen-bond donors (Lipinski definition) is 1. The maximum atomic E-state index is 13.2. The van der Waals surface area contributed by atoms with Crippen LogP contribution in [0.25, 0.3) is 0 Å². The molecule has 0 aromatic heterocycles. The highest BCUT2D eigenvalue weighted by Gasteiger charge is 2.50. The summed E-state index contributed by atoms with van der Waals surface area (Å²) in [5, 5.41) is 3.37. The lowest BCUT2D eigenvalue weighted by Gasteiger charge is -2.12. The SMILES string of the molecule is COCCNCC1CC1(C)c1cccc(F)c1. The molecule has 0 radical (unpaired) electrons. The molecule has 17 heavy (non-hydrogen) atoms. The molecule has 1 fully saturated rings. The number of nitrogens with one attached hydrogen (secondary N) is 1. The number of benzene rings is 1. The van der Waals surface area contributed by atoms with Crippen LogP contribution in [-0.2, 0) is 10.2 Å². The zero-order valence-electron chi connectivity index (χ0n) is 10.5. The largest absolute Gasteiger partial charge is 0.383 e.